The Labute approximate surface area is 190 Å². The third kappa shape index (κ3) is 3.39. The molecule has 0 saturated heterocycles. The Morgan fingerprint density at radius 1 is 1.26 bits per heavy atom. The third-order valence-corrected chi connectivity index (χ3v) is 8.81. The highest BCUT2D eigenvalue weighted by Crippen LogP contribution is 2.61. The molecule has 6 rings (SSSR count). The Morgan fingerprint density at radius 2 is 2.03 bits per heavy atom. The van der Waals surface area contributed by atoms with Crippen molar-refractivity contribution in [1.82, 2.24) is 19.7 Å². The fourth-order valence-electron chi connectivity index (χ4n) is 5.84. The van der Waals surface area contributed by atoms with E-state index in [0.717, 1.165) is 23.5 Å². The maximum atomic E-state index is 12.9. The van der Waals surface area contributed by atoms with Crippen LogP contribution in [0, 0.1) is 23.2 Å². The lowest BCUT2D eigenvalue weighted by molar-refractivity contribution is -0.132. The molecule has 8 heteroatoms. The minimum Gasteiger partial charge on any atom is -0.380 e. The standard InChI is InChI=1S/C23H28BrN5O2/c1-13-17-6-16(23(17,2)3)7-18(13)27-19-9-26-29(22(31)21(19)24)12-20(30)28-10-14-4-5-25-8-15(14)11-28/h4-5,8-9,13,16-18,27H,6-7,10-12H2,1-3H3/t13-,16+,17-,18-/m1/s1. The number of amides is 1. The SMILES string of the molecule is C[C@@H]1[C@H]2C[C@@H](C[C@H]1Nc1cnn(CC(=O)N3Cc4ccncc4C3)c(=O)c1Br)C2(C)C. The van der Waals surface area contributed by atoms with Crippen molar-refractivity contribution in [1.29, 1.82) is 0 Å². The summed E-state index contributed by atoms with van der Waals surface area (Å²) in [6.45, 7) is 8.06. The van der Waals surface area contributed by atoms with Gasteiger partial charge < -0.3 is 10.2 Å². The lowest BCUT2D eigenvalue weighted by atomic mass is 9.45. The van der Waals surface area contributed by atoms with Crippen molar-refractivity contribution in [2.24, 2.45) is 23.2 Å². The predicted molar refractivity (Wildman–Crippen MR) is 121 cm³/mol. The maximum absolute atomic E-state index is 12.9. The van der Waals surface area contributed by atoms with Crippen LogP contribution in [0.2, 0.25) is 0 Å². The molecule has 164 valence electrons. The second kappa shape index (κ2) is 7.43. The number of anilines is 1. The molecule has 2 bridgehead atoms. The molecule has 4 atom stereocenters. The van der Waals surface area contributed by atoms with Gasteiger partial charge in [0, 0.05) is 31.5 Å². The first-order valence-corrected chi connectivity index (χ1v) is 11.8. The Bertz CT molecular complexity index is 1070. The normalized spacial score (nSPS) is 28.1. The van der Waals surface area contributed by atoms with E-state index in [1.807, 2.05) is 6.07 Å². The number of nitrogens with zero attached hydrogens (tertiary/aromatic N) is 4. The lowest BCUT2D eigenvalue weighted by Gasteiger charge is -2.62. The number of rotatable bonds is 4. The van der Waals surface area contributed by atoms with E-state index >= 15 is 0 Å². The number of aromatic nitrogens is 3. The zero-order valence-corrected chi connectivity index (χ0v) is 19.7. The molecule has 1 aliphatic heterocycles. The summed E-state index contributed by atoms with van der Waals surface area (Å²) in [5, 5.41) is 7.86. The highest BCUT2D eigenvalue weighted by atomic mass is 79.9. The molecule has 2 aromatic rings. The Hall–Kier alpha value is -2.22. The van der Waals surface area contributed by atoms with Gasteiger partial charge in [-0.25, -0.2) is 4.68 Å². The number of pyridine rings is 1. The van der Waals surface area contributed by atoms with Crippen molar-refractivity contribution >= 4 is 27.5 Å². The quantitative estimate of drug-likeness (QED) is 0.717. The summed E-state index contributed by atoms with van der Waals surface area (Å²) in [7, 11) is 0. The van der Waals surface area contributed by atoms with Crippen LogP contribution in [0.4, 0.5) is 5.69 Å². The molecule has 0 radical (unpaired) electrons. The van der Waals surface area contributed by atoms with Crippen LogP contribution in [0.1, 0.15) is 44.7 Å². The van der Waals surface area contributed by atoms with Gasteiger partial charge >= 0.3 is 0 Å². The zero-order valence-electron chi connectivity index (χ0n) is 18.1. The maximum Gasteiger partial charge on any atom is 0.283 e. The fraction of sp³-hybridized carbons (Fsp3) is 0.565. The van der Waals surface area contributed by atoms with E-state index in [1.54, 1.807) is 23.5 Å². The molecule has 7 nitrogen and oxygen atoms in total. The molecule has 31 heavy (non-hydrogen) atoms. The molecule has 2 aromatic heterocycles. The summed E-state index contributed by atoms with van der Waals surface area (Å²) in [6.07, 6.45) is 7.62. The summed E-state index contributed by atoms with van der Waals surface area (Å²) in [6, 6.07) is 2.27. The number of nitrogens with one attached hydrogen (secondary N) is 1. The highest BCUT2D eigenvalue weighted by molar-refractivity contribution is 9.10. The Kier molecular flexibility index (Phi) is 4.95. The van der Waals surface area contributed by atoms with Crippen LogP contribution in [-0.2, 0) is 24.4 Å². The molecule has 3 fully saturated rings. The van der Waals surface area contributed by atoms with Gasteiger partial charge in [0.2, 0.25) is 5.91 Å². The Morgan fingerprint density at radius 3 is 2.74 bits per heavy atom. The summed E-state index contributed by atoms with van der Waals surface area (Å²) in [5.74, 6) is 1.87. The van der Waals surface area contributed by atoms with E-state index in [9.17, 15) is 9.59 Å². The van der Waals surface area contributed by atoms with Crippen LogP contribution in [0.3, 0.4) is 0 Å². The predicted octanol–water partition coefficient (Wildman–Crippen LogP) is 3.43. The lowest BCUT2D eigenvalue weighted by Crippen LogP contribution is -2.58. The average molecular weight is 486 g/mol. The summed E-state index contributed by atoms with van der Waals surface area (Å²) in [5.41, 5.74) is 3.00. The number of hydrogen-bond donors (Lipinski definition) is 1. The first kappa shape index (κ1) is 20.7. The van der Waals surface area contributed by atoms with Crippen molar-refractivity contribution in [2.45, 2.75) is 59.3 Å². The van der Waals surface area contributed by atoms with Crippen molar-refractivity contribution in [2.75, 3.05) is 5.32 Å². The number of hydrogen-bond acceptors (Lipinski definition) is 5. The van der Waals surface area contributed by atoms with E-state index in [2.05, 4.69) is 52.1 Å². The number of carbonyl (C=O) groups excluding carboxylic acids is 1. The molecule has 1 N–H and O–H groups in total. The number of halogens is 1. The van der Waals surface area contributed by atoms with E-state index in [0.29, 0.717) is 46.5 Å². The van der Waals surface area contributed by atoms with Gasteiger partial charge in [-0.2, -0.15) is 5.10 Å². The largest absolute Gasteiger partial charge is 0.380 e. The minimum atomic E-state index is -0.286. The van der Waals surface area contributed by atoms with Crippen molar-refractivity contribution in [3.8, 4) is 0 Å². The summed E-state index contributed by atoms with van der Waals surface area (Å²) >= 11 is 3.45. The second-order valence-corrected chi connectivity index (χ2v) is 10.7. The first-order valence-electron chi connectivity index (χ1n) is 11.0. The average Bonchev–Trinajstić information content (AvgIpc) is 3.18. The molecule has 0 spiro atoms. The van der Waals surface area contributed by atoms with E-state index in [4.69, 9.17) is 0 Å². The van der Waals surface area contributed by atoms with Crippen LogP contribution < -0.4 is 10.9 Å². The number of carbonyl (C=O) groups is 1. The molecule has 0 unspecified atom stereocenters. The molecule has 3 aliphatic carbocycles. The van der Waals surface area contributed by atoms with Gasteiger partial charge in [0.05, 0.1) is 11.9 Å². The van der Waals surface area contributed by atoms with Crippen LogP contribution in [0.25, 0.3) is 0 Å². The molecule has 4 aliphatic rings. The van der Waals surface area contributed by atoms with Crippen molar-refractivity contribution in [3.05, 3.63) is 50.6 Å². The van der Waals surface area contributed by atoms with Gasteiger partial charge in [-0.05, 0) is 69.1 Å². The van der Waals surface area contributed by atoms with Crippen molar-refractivity contribution < 1.29 is 4.79 Å². The molecular weight excluding hydrogens is 458 g/mol. The molecule has 3 saturated carbocycles. The molecule has 1 amide bonds. The van der Waals surface area contributed by atoms with Crippen LogP contribution in [-0.4, -0.2) is 31.6 Å². The van der Waals surface area contributed by atoms with Gasteiger partial charge in [0.15, 0.2) is 0 Å². The zero-order chi connectivity index (χ0) is 21.9. The molecular formula is C23H28BrN5O2. The monoisotopic (exact) mass is 485 g/mol. The Balaban J connectivity index is 1.27. The van der Waals surface area contributed by atoms with E-state index < -0.39 is 0 Å². The summed E-state index contributed by atoms with van der Waals surface area (Å²) < 4.78 is 1.68. The highest BCUT2D eigenvalue weighted by Gasteiger charge is 2.56. The minimum absolute atomic E-state index is 0.0721. The fourth-order valence-corrected chi connectivity index (χ4v) is 6.26. The van der Waals surface area contributed by atoms with E-state index in [1.165, 1.54) is 11.1 Å². The second-order valence-electron chi connectivity index (χ2n) is 9.94. The molecule has 3 heterocycles. The topological polar surface area (TPSA) is 80.1 Å². The smallest absolute Gasteiger partial charge is 0.283 e. The van der Waals surface area contributed by atoms with Crippen LogP contribution in [0.15, 0.2) is 33.9 Å². The third-order valence-electron chi connectivity index (χ3n) is 8.04. The van der Waals surface area contributed by atoms with Gasteiger partial charge in [0.1, 0.15) is 11.0 Å². The van der Waals surface area contributed by atoms with Gasteiger partial charge in [-0.15, -0.1) is 0 Å². The van der Waals surface area contributed by atoms with Crippen molar-refractivity contribution in [3.63, 3.8) is 0 Å². The van der Waals surface area contributed by atoms with Gasteiger partial charge in [-0.3, -0.25) is 14.6 Å². The van der Waals surface area contributed by atoms with Crippen LogP contribution in [0.5, 0.6) is 0 Å². The van der Waals surface area contributed by atoms with E-state index in [-0.39, 0.29) is 18.0 Å². The van der Waals surface area contributed by atoms with Crippen LogP contribution >= 0.6 is 15.9 Å². The molecule has 0 aromatic carbocycles. The first-order chi connectivity index (χ1) is 14.8. The number of fused-ring (bicyclic) bond motifs is 3. The van der Waals surface area contributed by atoms with Gasteiger partial charge in [-0.1, -0.05) is 20.8 Å². The summed E-state index contributed by atoms with van der Waals surface area (Å²) in [4.78, 5) is 31.5. The van der Waals surface area contributed by atoms with Gasteiger partial charge in [0.25, 0.3) is 5.56 Å².